The summed E-state index contributed by atoms with van der Waals surface area (Å²) in [4.78, 5) is 39.1. The first kappa shape index (κ1) is 17.6. The number of ketones is 1. The minimum Gasteiger partial charge on any atom is -0.369 e. The zero-order valence-electron chi connectivity index (χ0n) is 14.1. The Morgan fingerprint density at radius 1 is 1.35 bits per heavy atom. The highest BCUT2D eigenvalue weighted by molar-refractivity contribution is 6.36. The van der Waals surface area contributed by atoms with E-state index in [2.05, 4.69) is 17.2 Å². The summed E-state index contributed by atoms with van der Waals surface area (Å²) < 4.78 is 0. The van der Waals surface area contributed by atoms with Crippen molar-refractivity contribution < 1.29 is 19.4 Å². The third-order valence-corrected chi connectivity index (χ3v) is 5.30. The zero-order valence-corrected chi connectivity index (χ0v) is 14.1. The number of carbonyl (C=O) groups is 3. The quantitative estimate of drug-likeness (QED) is 0.578. The van der Waals surface area contributed by atoms with Crippen molar-refractivity contribution in [3.8, 4) is 0 Å². The van der Waals surface area contributed by atoms with E-state index < -0.39 is 5.41 Å². The van der Waals surface area contributed by atoms with E-state index in [1.807, 2.05) is 0 Å². The van der Waals surface area contributed by atoms with Crippen LogP contribution in [0.5, 0.6) is 0 Å². The van der Waals surface area contributed by atoms with Crippen molar-refractivity contribution in [2.24, 2.45) is 23.0 Å². The molecule has 6 nitrogen and oxygen atoms in total. The molecule has 6 heteroatoms. The molecule has 0 spiro atoms. The summed E-state index contributed by atoms with van der Waals surface area (Å²) in [5.74, 6) is -0.357. The van der Waals surface area contributed by atoms with Gasteiger partial charge in [-0.15, -0.1) is 0 Å². The van der Waals surface area contributed by atoms with Gasteiger partial charge in [-0.3, -0.25) is 14.4 Å². The molecule has 2 aliphatic rings. The average molecular weight is 322 g/mol. The maximum atomic E-state index is 12.2. The van der Waals surface area contributed by atoms with E-state index in [0.717, 1.165) is 38.6 Å². The lowest BCUT2D eigenvalue weighted by Gasteiger charge is -2.29. The molecule has 1 aliphatic carbocycles. The molecule has 0 aromatic rings. The Bertz CT molecular complexity index is 521. The second kappa shape index (κ2) is 7.23. The highest BCUT2D eigenvalue weighted by Crippen LogP contribution is 2.43. The molecule has 1 fully saturated rings. The van der Waals surface area contributed by atoms with Gasteiger partial charge in [-0.2, -0.15) is 0 Å². The number of nitrogens with one attached hydrogen (secondary N) is 2. The van der Waals surface area contributed by atoms with Gasteiger partial charge in [-0.25, -0.2) is 4.99 Å². The Balaban J connectivity index is 1.95. The highest BCUT2D eigenvalue weighted by atomic mass is 16.2. The maximum Gasteiger partial charge on any atom is 0.310 e. The van der Waals surface area contributed by atoms with Crippen molar-refractivity contribution in [3.05, 3.63) is 0 Å². The van der Waals surface area contributed by atoms with Gasteiger partial charge in [0.05, 0.1) is 0 Å². The van der Waals surface area contributed by atoms with Crippen LogP contribution in [0.25, 0.3) is 0 Å². The molecule has 2 rings (SSSR count). The molecule has 0 radical (unpaired) electrons. The molecule has 2 unspecified atom stereocenters. The van der Waals surface area contributed by atoms with Crippen LogP contribution >= 0.6 is 0 Å². The Kier molecular flexibility index (Phi) is 5.55. The molecule has 0 bridgehead atoms. The van der Waals surface area contributed by atoms with Gasteiger partial charge in [-0.05, 0) is 26.2 Å². The lowest BCUT2D eigenvalue weighted by Crippen LogP contribution is -2.72. The van der Waals surface area contributed by atoms with E-state index in [1.54, 1.807) is 0 Å². The normalized spacial score (nSPS) is 24.1. The molecule has 1 saturated carbocycles. The topological polar surface area (TPSA) is 103 Å². The SMILES string of the molecule is CC(=O)C(CNC(=O)C1=[NH+]CC(C)C1)CC1(C(N)=O)CCCC1. The van der Waals surface area contributed by atoms with Gasteiger partial charge in [0.15, 0.2) is 0 Å². The Morgan fingerprint density at radius 3 is 2.48 bits per heavy atom. The van der Waals surface area contributed by atoms with E-state index in [9.17, 15) is 14.4 Å². The van der Waals surface area contributed by atoms with Crippen LogP contribution in [-0.2, 0) is 14.4 Å². The molecule has 4 N–H and O–H groups in total. The standard InChI is InChI=1S/C17H27N3O3/c1-11-7-14(19-9-11)15(22)20-10-13(12(2)21)8-17(16(18)23)5-3-4-6-17/h11,13H,3-10H2,1-2H3,(H2,18,23)(H,20,22)/p+1. The van der Waals surface area contributed by atoms with E-state index in [1.165, 1.54) is 6.92 Å². The summed E-state index contributed by atoms with van der Waals surface area (Å²) in [6.07, 6.45) is 4.62. The zero-order chi connectivity index (χ0) is 17.0. The summed E-state index contributed by atoms with van der Waals surface area (Å²) in [6, 6.07) is 0. The van der Waals surface area contributed by atoms with Crippen LogP contribution in [0.2, 0.25) is 0 Å². The van der Waals surface area contributed by atoms with Gasteiger partial charge in [0.25, 0.3) is 0 Å². The Morgan fingerprint density at radius 2 is 2.00 bits per heavy atom. The molecule has 1 heterocycles. The third-order valence-electron chi connectivity index (χ3n) is 5.30. The van der Waals surface area contributed by atoms with Crippen LogP contribution in [0, 0.1) is 17.3 Å². The van der Waals surface area contributed by atoms with Gasteiger partial charge in [-0.1, -0.05) is 19.8 Å². The first-order valence-electron chi connectivity index (χ1n) is 8.52. The largest absolute Gasteiger partial charge is 0.369 e. The van der Waals surface area contributed by atoms with Crippen molar-refractivity contribution in [1.82, 2.24) is 5.32 Å². The molecule has 2 amide bonds. The molecule has 0 aromatic heterocycles. The molecular formula is C17H28N3O3+. The fourth-order valence-corrected chi connectivity index (χ4v) is 3.72. The van der Waals surface area contributed by atoms with Crippen LogP contribution in [0.4, 0.5) is 0 Å². The Labute approximate surface area is 137 Å². The molecule has 2 atom stereocenters. The number of amides is 2. The first-order valence-corrected chi connectivity index (χ1v) is 8.52. The fraction of sp³-hybridized carbons (Fsp3) is 0.765. The fourth-order valence-electron chi connectivity index (χ4n) is 3.72. The van der Waals surface area contributed by atoms with Crippen LogP contribution < -0.4 is 16.0 Å². The summed E-state index contributed by atoms with van der Waals surface area (Å²) in [5.41, 5.74) is 5.71. The van der Waals surface area contributed by atoms with Gasteiger partial charge < -0.3 is 11.1 Å². The van der Waals surface area contributed by atoms with Crippen molar-refractivity contribution >= 4 is 23.3 Å². The van der Waals surface area contributed by atoms with Crippen molar-refractivity contribution in [3.63, 3.8) is 0 Å². The number of rotatable bonds is 7. The molecule has 0 aromatic carbocycles. The number of carbonyl (C=O) groups excluding carboxylic acids is 3. The van der Waals surface area contributed by atoms with E-state index in [0.29, 0.717) is 18.1 Å². The minimum absolute atomic E-state index is 0.00410. The number of hydrogen-bond donors (Lipinski definition) is 3. The van der Waals surface area contributed by atoms with Gasteiger partial charge >= 0.3 is 5.91 Å². The number of hydrogen-bond acceptors (Lipinski definition) is 3. The van der Waals surface area contributed by atoms with Crippen molar-refractivity contribution in [2.75, 3.05) is 13.1 Å². The number of nitrogens with two attached hydrogens (primary N) is 1. The smallest absolute Gasteiger partial charge is 0.310 e. The second-order valence-corrected chi connectivity index (χ2v) is 7.24. The minimum atomic E-state index is -0.575. The number of Topliss-reactive ketones (excluding diaryl/α,β-unsaturated/α-hetero) is 1. The van der Waals surface area contributed by atoms with E-state index in [4.69, 9.17) is 5.73 Å². The van der Waals surface area contributed by atoms with E-state index in [-0.39, 0.29) is 30.1 Å². The highest BCUT2D eigenvalue weighted by Gasteiger charge is 2.42. The maximum absolute atomic E-state index is 12.2. The van der Waals surface area contributed by atoms with Crippen LogP contribution in [0.15, 0.2) is 0 Å². The summed E-state index contributed by atoms with van der Waals surface area (Å²) >= 11 is 0. The monoisotopic (exact) mass is 322 g/mol. The van der Waals surface area contributed by atoms with Crippen LogP contribution in [-0.4, -0.2) is 36.4 Å². The summed E-state index contributed by atoms with van der Waals surface area (Å²) in [7, 11) is 0. The van der Waals surface area contributed by atoms with Crippen LogP contribution in [0.1, 0.15) is 52.4 Å². The molecular weight excluding hydrogens is 294 g/mol. The predicted molar refractivity (Wildman–Crippen MR) is 86.5 cm³/mol. The lowest BCUT2D eigenvalue weighted by molar-refractivity contribution is -0.452. The molecule has 1 aliphatic heterocycles. The average Bonchev–Trinajstić information content (AvgIpc) is 3.12. The van der Waals surface area contributed by atoms with E-state index >= 15 is 0 Å². The molecule has 0 saturated heterocycles. The van der Waals surface area contributed by atoms with Gasteiger partial charge in [0, 0.05) is 30.2 Å². The van der Waals surface area contributed by atoms with Crippen molar-refractivity contribution in [1.29, 1.82) is 0 Å². The molecule has 23 heavy (non-hydrogen) atoms. The van der Waals surface area contributed by atoms with Gasteiger partial charge in [0.1, 0.15) is 12.3 Å². The van der Waals surface area contributed by atoms with Gasteiger partial charge in [0.2, 0.25) is 11.6 Å². The Hall–Kier alpha value is -1.72. The second-order valence-electron chi connectivity index (χ2n) is 7.24. The summed E-state index contributed by atoms with van der Waals surface area (Å²) in [5, 5.41) is 2.85. The lowest BCUT2D eigenvalue weighted by atomic mass is 9.76. The first-order chi connectivity index (χ1) is 10.8. The third kappa shape index (κ3) is 4.18. The summed E-state index contributed by atoms with van der Waals surface area (Å²) in [6.45, 7) is 4.68. The predicted octanol–water partition coefficient (Wildman–Crippen LogP) is -0.695. The molecule has 128 valence electrons. The van der Waals surface area contributed by atoms with Crippen LogP contribution in [0.3, 0.4) is 0 Å². The number of primary amides is 1. The van der Waals surface area contributed by atoms with Crippen molar-refractivity contribution in [2.45, 2.75) is 52.4 Å².